The molecule has 2 aromatic rings. The summed E-state index contributed by atoms with van der Waals surface area (Å²) >= 11 is 3.55. The molecule has 0 atom stereocenters. The highest BCUT2D eigenvalue weighted by molar-refractivity contribution is 9.10. The number of nitrogens with zero attached hydrogens (tertiary/aromatic N) is 2. The molecule has 3 heteroatoms. The highest BCUT2D eigenvalue weighted by Gasteiger charge is 2.13. The van der Waals surface area contributed by atoms with Crippen molar-refractivity contribution in [3.05, 3.63) is 34.8 Å². The Morgan fingerprint density at radius 2 is 1.88 bits per heavy atom. The molecule has 0 N–H and O–H groups in total. The lowest BCUT2D eigenvalue weighted by Gasteiger charge is -2.16. The van der Waals surface area contributed by atoms with Crippen molar-refractivity contribution in [2.24, 2.45) is 0 Å². The van der Waals surface area contributed by atoms with Gasteiger partial charge in [0.05, 0.1) is 5.52 Å². The number of aromatic nitrogens is 1. The zero-order valence-corrected chi connectivity index (χ0v) is 10.6. The van der Waals surface area contributed by atoms with Crippen molar-refractivity contribution in [3.8, 4) is 0 Å². The molecule has 1 saturated heterocycles. The normalized spacial score (nSPS) is 15.9. The molecule has 0 spiro atoms. The Hall–Kier alpha value is -1.09. The van der Waals surface area contributed by atoms with Crippen molar-refractivity contribution in [3.63, 3.8) is 0 Å². The van der Waals surface area contributed by atoms with E-state index in [0.717, 1.165) is 28.9 Å². The topological polar surface area (TPSA) is 16.1 Å². The monoisotopic (exact) mass is 276 g/mol. The number of halogens is 1. The molecule has 1 aromatic heterocycles. The minimum atomic E-state index is 1.07. The fraction of sp³-hybridized carbons (Fsp3) is 0.308. The molecule has 1 aliphatic heterocycles. The first-order chi connectivity index (χ1) is 7.84. The van der Waals surface area contributed by atoms with E-state index < -0.39 is 0 Å². The van der Waals surface area contributed by atoms with Crippen LogP contribution in [0, 0.1) is 0 Å². The molecule has 1 fully saturated rings. The van der Waals surface area contributed by atoms with E-state index in [0.29, 0.717) is 0 Å². The summed E-state index contributed by atoms with van der Waals surface area (Å²) in [5.41, 5.74) is 1.07. The maximum absolute atomic E-state index is 4.71. The number of pyridine rings is 1. The molecule has 2 heterocycles. The van der Waals surface area contributed by atoms with E-state index >= 15 is 0 Å². The van der Waals surface area contributed by atoms with Gasteiger partial charge in [0.15, 0.2) is 0 Å². The Kier molecular flexibility index (Phi) is 2.56. The second-order valence-electron chi connectivity index (χ2n) is 4.17. The molecular weight excluding hydrogens is 264 g/mol. The predicted octanol–water partition coefficient (Wildman–Crippen LogP) is 3.60. The highest BCUT2D eigenvalue weighted by atomic mass is 79.9. The molecule has 0 amide bonds. The quantitative estimate of drug-likeness (QED) is 0.791. The van der Waals surface area contributed by atoms with E-state index in [1.165, 1.54) is 18.2 Å². The molecule has 1 aliphatic rings. The Labute approximate surface area is 103 Å². The van der Waals surface area contributed by atoms with Gasteiger partial charge >= 0.3 is 0 Å². The Bertz CT molecular complexity index is 518. The molecule has 16 heavy (non-hydrogen) atoms. The second-order valence-corrected chi connectivity index (χ2v) is 5.02. The van der Waals surface area contributed by atoms with Crippen molar-refractivity contribution < 1.29 is 0 Å². The molecule has 2 nitrogen and oxygen atoms in total. The Balaban J connectivity index is 2.08. The first-order valence-corrected chi connectivity index (χ1v) is 6.44. The molecule has 0 saturated carbocycles. The van der Waals surface area contributed by atoms with E-state index in [1.807, 2.05) is 6.07 Å². The fourth-order valence-electron chi connectivity index (χ4n) is 2.23. The first-order valence-electron chi connectivity index (χ1n) is 5.65. The lowest BCUT2D eigenvalue weighted by molar-refractivity contribution is 0.944. The van der Waals surface area contributed by atoms with Gasteiger partial charge in [-0.05, 0) is 37.1 Å². The summed E-state index contributed by atoms with van der Waals surface area (Å²) < 4.78 is 1.12. The van der Waals surface area contributed by atoms with Gasteiger partial charge in [-0.15, -0.1) is 0 Å². The maximum atomic E-state index is 4.71. The smallest absolute Gasteiger partial charge is 0.129 e. The number of hydrogen-bond donors (Lipinski definition) is 0. The number of anilines is 1. The SMILES string of the molecule is Brc1cccc2nc(N3CCCC3)ccc12. The van der Waals surface area contributed by atoms with Crippen LogP contribution in [-0.4, -0.2) is 18.1 Å². The number of hydrogen-bond acceptors (Lipinski definition) is 2. The third-order valence-corrected chi connectivity index (χ3v) is 3.79. The lowest BCUT2D eigenvalue weighted by atomic mass is 10.2. The van der Waals surface area contributed by atoms with Crippen LogP contribution < -0.4 is 4.90 Å². The van der Waals surface area contributed by atoms with Gasteiger partial charge in [0.1, 0.15) is 5.82 Å². The van der Waals surface area contributed by atoms with Crippen LogP contribution in [0.4, 0.5) is 5.82 Å². The van der Waals surface area contributed by atoms with E-state index in [1.54, 1.807) is 0 Å². The maximum Gasteiger partial charge on any atom is 0.129 e. The number of benzene rings is 1. The van der Waals surface area contributed by atoms with Gasteiger partial charge < -0.3 is 4.90 Å². The van der Waals surface area contributed by atoms with Crippen molar-refractivity contribution >= 4 is 32.7 Å². The van der Waals surface area contributed by atoms with Gasteiger partial charge in [-0.25, -0.2) is 4.98 Å². The summed E-state index contributed by atoms with van der Waals surface area (Å²) in [6.07, 6.45) is 2.58. The average Bonchev–Trinajstić information content (AvgIpc) is 2.82. The first kappa shape index (κ1) is 10.1. The van der Waals surface area contributed by atoms with Crippen molar-refractivity contribution in [1.82, 2.24) is 4.98 Å². The van der Waals surface area contributed by atoms with Gasteiger partial charge in [0, 0.05) is 22.9 Å². The van der Waals surface area contributed by atoms with E-state index in [-0.39, 0.29) is 0 Å². The van der Waals surface area contributed by atoms with Crippen molar-refractivity contribution in [2.45, 2.75) is 12.8 Å². The summed E-state index contributed by atoms with van der Waals surface area (Å²) in [6, 6.07) is 10.4. The van der Waals surface area contributed by atoms with Crippen LogP contribution in [-0.2, 0) is 0 Å². The molecule has 0 aliphatic carbocycles. The van der Waals surface area contributed by atoms with E-state index in [2.05, 4.69) is 45.1 Å². The van der Waals surface area contributed by atoms with Gasteiger partial charge in [0.2, 0.25) is 0 Å². The largest absolute Gasteiger partial charge is 0.357 e. The van der Waals surface area contributed by atoms with Gasteiger partial charge in [-0.3, -0.25) is 0 Å². The summed E-state index contributed by atoms with van der Waals surface area (Å²) in [6.45, 7) is 2.29. The van der Waals surface area contributed by atoms with Crippen LogP contribution in [0.1, 0.15) is 12.8 Å². The van der Waals surface area contributed by atoms with Crippen LogP contribution in [0.25, 0.3) is 10.9 Å². The van der Waals surface area contributed by atoms with Gasteiger partial charge in [-0.1, -0.05) is 22.0 Å². The molecule has 1 aromatic carbocycles. The molecule has 82 valence electrons. The van der Waals surface area contributed by atoms with Crippen molar-refractivity contribution in [1.29, 1.82) is 0 Å². The molecular formula is C13H13BrN2. The standard InChI is InChI=1S/C13H13BrN2/c14-11-4-3-5-12-10(11)6-7-13(15-12)16-8-1-2-9-16/h3-7H,1-2,8-9H2. The van der Waals surface area contributed by atoms with Crippen LogP contribution in [0.2, 0.25) is 0 Å². The highest BCUT2D eigenvalue weighted by Crippen LogP contribution is 2.26. The summed E-state index contributed by atoms with van der Waals surface area (Å²) in [4.78, 5) is 7.08. The number of rotatable bonds is 1. The minimum absolute atomic E-state index is 1.07. The summed E-state index contributed by atoms with van der Waals surface area (Å²) in [5, 5.41) is 1.19. The van der Waals surface area contributed by atoms with Crippen LogP contribution >= 0.6 is 15.9 Å². The summed E-state index contributed by atoms with van der Waals surface area (Å²) in [7, 11) is 0. The van der Waals surface area contributed by atoms with Crippen LogP contribution in [0.5, 0.6) is 0 Å². The third-order valence-electron chi connectivity index (χ3n) is 3.09. The minimum Gasteiger partial charge on any atom is -0.357 e. The zero-order chi connectivity index (χ0) is 11.0. The molecule has 0 unspecified atom stereocenters. The van der Waals surface area contributed by atoms with Crippen LogP contribution in [0.3, 0.4) is 0 Å². The van der Waals surface area contributed by atoms with Crippen molar-refractivity contribution in [2.75, 3.05) is 18.0 Å². The lowest BCUT2D eigenvalue weighted by Crippen LogP contribution is -2.18. The fourth-order valence-corrected chi connectivity index (χ4v) is 2.72. The predicted molar refractivity (Wildman–Crippen MR) is 70.9 cm³/mol. The Morgan fingerprint density at radius 1 is 1.06 bits per heavy atom. The van der Waals surface area contributed by atoms with E-state index in [9.17, 15) is 0 Å². The molecule has 3 rings (SSSR count). The summed E-state index contributed by atoms with van der Waals surface area (Å²) in [5.74, 6) is 1.11. The Morgan fingerprint density at radius 3 is 2.69 bits per heavy atom. The molecule has 0 bridgehead atoms. The number of fused-ring (bicyclic) bond motifs is 1. The second kappa shape index (κ2) is 4.06. The van der Waals surface area contributed by atoms with E-state index in [4.69, 9.17) is 4.98 Å². The average molecular weight is 277 g/mol. The van der Waals surface area contributed by atoms with Gasteiger partial charge in [-0.2, -0.15) is 0 Å². The molecule has 0 radical (unpaired) electrons. The zero-order valence-electron chi connectivity index (χ0n) is 8.99. The van der Waals surface area contributed by atoms with Crippen LogP contribution in [0.15, 0.2) is 34.8 Å². The third kappa shape index (κ3) is 1.69. The van der Waals surface area contributed by atoms with Gasteiger partial charge in [0.25, 0.3) is 0 Å².